The van der Waals surface area contributed by atoms with Crippen molar-refractivity contribution in [1.29, 1.82) is 0 Å². The number of aliphatic hydroxyl groups excluding tert-OH is 1. The second kappa shape index (κ2) is 10.0. The zero-order chi connectivity index (χ0) is 20.7. The summed E-state index contributed by atoms with van der Waals surface area (Å²) in [5.74, 6) is 0.685. The van der Waals surface area contributed by atoms with Crippen molar-refractivity contribution in [3.05, 3.63) is 60.2 Å². The van der Waals surface area contributed by atoms with Crippen molar-refractivity contribution in [2.45, 2.75) is 37.3 Å². The van der Waals surface area contributed by atoms with E-state index in [4.69, 9.17) is 10.5 Å². The molecule has 7 heteroatoms. The number of sulfonamides is 1. The predicted molar refractivity (Wildman–Crippen MR) is 111 cm³/mol. The van der Waals surface area contributed by atoms with Crippen molar-refractivity contribution in [2.24, 2.45) is 11.7 Å². The summed E-state index contributed by atoms with van der Waals surface area (Å²) in [7, 11) is -2.23. The van der Waals surface area contributed by atoms with Crippen molar-refractivity contribution < 1.29 is 18.3 Å². The Labute approximate surface area is 168 Å². The molecular formula is C21H30N2O4S. The van der Waals surface area contributed by atoms with Gasteiger partial charge < -0.3 is 15.6 Å². The zero-order valence-electron chi connectivity index (χ0n) is 16.7. The van der Waals surface area contributed by atoms with E-state index in [1.807, 2.05) is 44.2 Å². The third-order valence-electron chi connectivity index (χ3n) is 4.47. The predicted octanol–water partition coefficient (Wildman–Crippen LogP) is 2.27. The Morgan fingerprint density at radius 3 is 2.18 bits per heavy atom. The van der Waals surface area contributed by atoms with Gasteiger partial charge in [0.2, 0.25) is 10.0 Å². The highest BCUT2D eigenvalue weighted by Crippen LogP contribution is 2.21. The highest BCUT2D eigenvalue weighted by atomic mass is 32.2. The van der Waals surface area contributed by atoms with Crippen LogP contribution in [0.2, 0.25) is 0 Å². The lowest BCUT2D eigenvalue weighted by Gasteiger charge is -2.28. The van der Waals surface area contributed by atoms with Gasteiger partial charge >= 0.3 is 0 Å². The van der Waals surface area contributed by atoms with Gasteiger partial charge in [0.1, 0.15) is 5.75 Å². The van der Waals surface area contributed by atoms with Crippen molar-refractivity contribution in [3.8, 4) is 5.75 Å². The third-order valence-corrected chi connectivity index (χ3v) is 6.31. The van der Waals surface area contributed by atoms with Gasteiger partial charge in [0.25, 0.3) is 0 Å². The van der Waals surface area contributed by atoms with Crippen LogP contribution in [0, 0.1) is 5.92 Å². The molecule has 0 spiro atoms. The van der Waals surface area contributed by atoms with Crippen LogP contribution in [0.1, 0.15) is 19.4 Å². The van der Waals surface area contributed by atoms with Crippen LogP contribution in [0.3, 0.4) is 0 Å². The summed E-state index contributed by atoms with van der Waals surface area (Å²) < 4.78 is 32.6. The van der Waals surface area contributed by atoms with Gasteiger partial charge in [-0.05, 0) is 42.2 Å². The number of hydrogen-bond acceptors (Lipinski definition) is 5. The molecule has 0 aromatic heterocycles. The molecule has 28 heavy (non-hydrogen) atoms. The Balaban J connectivity index is 2.17. The molecule has 0 amide bonds. The van der Waals surface area contributed by atoms with Crippen LogP contribution in [0.25, 0.3) is 0 Å². The van der Waals surface area contributed by atoms with Crippen LogP contribution < -0.4 is 10.5 Å². The van der Waals surface area contributed by atoms with E-state index in [0.717, 1.165) is 5.56 Å². The summed E-state index contributed by atoms with van der Waals surface area (Å²) >= 11 is 0. The summed E-state index contributed by atoms with van der Waals surface area (Å²) in [6, 6.07) is 15.3. The quantitative estimate of drug-likeness (QED) is 0.631. The molecule has 0 aliphatic carbocycles. The number of benzene rings is 2. The molecule has 0 saturated carbocycles. The first-order chi connectivity index (χ1) is 13.2. The van der Waals surface area contributed by atoms with E-state index in [1.165, 1.54) is 23.5 Å². The molecule has 0 bridgehead atoms. The lowest BCUT2D eigenvalue weighted by atomic mass is 10.0. The number of rotatable bonds is 10. The Morgan fingerprint density at radius 1 is 1.04 bits per heavy atom. The van der Waals surface area contributed by atoms with Crippen molar-refractivity contribution in [3.63, 3.8) is 0 Å². The Bertz CT molecular complexity index is 823. The Kier molecular flexibility index (Phi) is 8.00. The molecule has 2 aromatic carbocycles. The Hall–Kier alpha value is -1.93. The third kappa shape index (κ3) is 6.04. The number of aliphatic hydroxyl groups is 1. The Morgan fingerprint density at radius 2 is 1.64 bits per heavy atom. The topological polar surface area (TPSA) is 92.9 Å². The molecule has 154 valence electrons. The number of hydrogen-bond donors (Lipinski definition) is 2. The average molecular weight is 407 g/mol. The molecule has 2 aromatic rings. The van der Waals surface area contributed by atoms with Crippen LogP contribution in [0.15, 0.2) is 59.5 Å². The van der Waals surface area contributed by atoms with Gasteiger partial charge in [0.05, 0.1) is 18.1 Å². The van der Waals surface area contributed by atoms with E-state index in [1.54, 1.807) is 12.1 Å². The molecule has 2 atom stereocenters. The molecule has 3 N–H and O–H groups in total. The smallest absolute Gasteiger partial charge is 0.243 e. The summed E-state index contributed by atoms with van der Waals surface area (Å²) in [6.45, 7) is 4.11. The monoisotopic (exact) mass is 406 g/mol. The summed E-state index contributed by atoms with van der Waals surface area (Å²) in [6.07, 6.45) is -0.507. The number of nitrogens with two attached hydrogens (primary N) is 1. The maximum Gasteiger partial charge on any atom is 0.243 e. The second-order valence-electron chi connectivity index (χ2n) is 7.31. The van der Waals surface area contributed by atoms with Crippen LogP contribution >= 0.6 is 0 Å². The van der Waals surface area contributed by atoms with Crippen LogP contribution in [0.5, 0.6) is 5.75 Å². The largest absolute Gasteiger partial charge is 0.497 e. The summed E-state index contributed by atoms with van der Waals surface area (Å²) in [5.41, 5.74) is 7.16. The van der Waals surface area contributed by atoms with Gasteiger partial charge in [-0.3, -0.25) is 0 Å². The van der Waals surface area contributed by atoms with Crippen molar-refractivity contribution in [1.82, 2.24) is 4.31 Å². The van der Waals surface area contributed by atoms with Crippen LogP contribution in [-0.2, 0) is 16.4 Å². The van der Waals surface area contributed by atoms with Gasteiger partial charge in [-0.15, -0.1) is 0 Å². The molecule has 2 rings (SSSR count). The van der Waals surface area contributed by atoms with Crippen LogP contribution in [0.4, 0.5) is 0 Å². The lowest BCUT2D eigenvalue weighted by Crippen LogP contribution is -2.47. The molecule has 0 aliphatic heterocycles. The second-order valence-corrected chi connectivity index (χ2v) is 9.25. The average Bonchev–Trinajstić information content (AvgIpc) is 2.67. The maximum absolute atomic E-state index is 13.1. The minimum Gasteiger partial charge on any atom is -0.497 e. The van der Waals surface area contributed by atoms with Gasteiger partial charge in [0.15, 0.2) is 0 Å². The van der Waals surface area contributed by atoms with E-state index < -0.39 is 22.2 Å². The highest BCUT2D eigenvalue weighted by molar-refractivity contribution is 7.89. The van der Waals surface area contributed by atoms with Gasteiger partial charge in [-0.25, -0.2) is 8.42 Å². The van der Waals surface area contributed by atoms with E-state index in [9.17, 15) is 13.5 Å². The minimum atomic E-state index is -3.76. The van der Waals surface area contributed by atoms with Gasteiger partial charge in [0, 0.05) is 19.1 Å². The fourth-order valence-corrected chi connectivity index (χ4v) is 4.56. The minimum absolute atomic E-state index is 0.0550. The van der Waals surface area contributed by atoms with Crippen LogP contribution in [-0.4, -0.2) is 50.2 Å². The fraction of sp³-hybridized carbons (Fsp3) is 0.429. The van der Waals surface area contributed by atoms with Gasteiger partial charge in [-0.2, -0.15) is 4.31 Å². The number of ether oxygens (including phenoxy) is 1. The van der Waals surface area contributed by atoms with E-state index >= 15 is 0 Å². The van der Waals surface area contributed by atoms with E-state index in [2.05, 4.69) is 0 Å². The highest BCUT2D eigenvalue weighted by Gasteiger charge is 2.29. The van der Waals surface area contributed by atoms with E-state index in [-0.39, 0.29) is 17.4 Å². The first kappa shape index (κ1) is 22.4. The molecule has 0 fully saturated rings. The molecule has 0 aliphatic rings. The standard InChI is InChI=1S/C21H30N2O4S/c1-16(2)14-23(28(25,26)19-11-9-18(27-3)10-12-19)15-21(24)20(22)13-17-7-5-4-6-8-17/h4-12,16,20-21,24H,13-15,22H2,1-3H3/t20-,21+/m0/s1. The molecule has 6 nitrogen and oxygen atoms in total. The number of nitrogens with zero attached hydrogens (tertiary/aromatic N) is 1. The van der Waals surface area contributed by atoms with E-state index in [0.29, 0.717) is 18.7 Å². The van der Waals surface area contributed by atoms with Gasteiger partial charge in [-0.1, -0.05) is 44.2 Å². The molecular weight excluding hydrogens is 376 g/mol. The molecule has 0 unspecified atom stereocenters. The SMILES string of the molecule is COc1ccc(S(=O)(=O)N(CC(C)C)C[C@@H](O)[C@@H](N)Cc2ccccc2)cc1. The molecule has 0 radical (unpaired) electrons. The molecule has 0 saturated heterocycles. The summed E-state index contributed by atoms with van der Waals surface area (Å²) in [5, 5.41) is 10.6. The van der Waals surface area contributed by atoms with Crippen molar-refractivity contribution in [2.75, 3.05) is 20.2 Å². The first-order valence-electron chi connectivity index (χ1n) is 9.35. The lowest BCUT2D eigenvalue weighted by molar-refractivity contribution is 0.116. The normalized spacial score (nSPS) is 14.2. The molecule has 0 heterocycles. The zero-order valence-corrected chi connectivity index (χ0v) is 17.5. The van der Waals surface area contributed by atoms with Crippen molar-refractivity contribution >= 4 is 10.0 Å². The number of methoxy groups -OCH3 is 1. The maximum atomic E-state index is 13.1. The fourth-order valence-electron chi connectivity index (χ4n) is 2.94. The summed E-state index contributed by atoms with van der Waals surface area (Å²) in [4.78, 5) is 0.165. The first-order valence-corrected chi connectivity index (χ1v) is 10.8.